The second-order valence-corrected chi connectivity index (χ2v) is 5.43. The van der Waals surface area contributed by atoms with Crippen molar-refractivity contribution < 1.29 is 13.2 Å². The molecule has 1 radical (unpaired) electrons. The van der Waals surface area contributed by atoms with Crippen LogP contribution in [0.4, 0.5) is 0 Å². The number of primary amides is 1. The third-order valence-corrected chi connectivity index (χ3v) is 3.64. The zero-order valence-corrected chi connectivity index (χ0v) is 9.70. The summed E-state index contributed by atoms with van der Waals surface area (Å²) in [7, 11) is -3.26. The van der Waals surface area contributed by atoms with E-state index in [0.29, 0.717) is 5.56 Å². The smallest absolute Gasteiger partial charge is 0.218 e. The molecule has 1 aromatic heterocycles. The van der Waals surface area contributed by atoms with Crippen LogP contribution in [0.2, 0.25) is 0 Å². The number of carbonyl (C=O) groups is 1. The van der Waals surface area contributed by atoms with E-state index in [2.05, 4.69) is 4.98 Å². The Bertz CT molecular complexity index is 465. The molecule has 0 bridgehead atoms. The molecule has 0 aliphatic heterocycles. The first kappa shape index (κ1) is 12.6. The normalized spacial score (nSPS) is 11.3. The van der Waals surface area contributed by atoms with Gasteiger partial charge in [0.2, 0.25) is 5.91 Å². The van der Waals surface area contributed by atoms with Gasteiger partial charge in [0.15, 0.2) is 14.9 Å². The first-order valence-electron chi connectivity index (χ1n) is 4.76. The van der Waals surface area contributed by atoms with E-state index in [1.54, 1.807) is 19.4 Å². The van der Waals surface area contributed by atoms with Crippen LogP contribution in [0.25, 0.3) is 0 Å². The average Bonchev–Trinajstić information content (AvgIpc) is 2.27. The van der Waals surface area contributed by atoms with Gasteiger partial charge in [0.1, 0.15) is 0 Å². The lowest BCUT2D eigenvalue weighted by Crippen LogP contribution is -2.10. The molecule has 0 aromatic carbocycles. The Morgan fingerprint density at radius 3 is 2.62 bits per heavy atom. The van der Waals surface area contributed by atoms with Crippen LogP contribution in [0, 0.1) is 6.42 Å². The molecule has 0 fully saturated rings. The molecule has 0 aliphatic rings. The maximum absolute atomic E-state index is 11.4. The molecule has 1 heterocycles. The molecule has 0 atom stereocenters. The minimum Gasteiger partial charge on any atom is -0.370 e. The number of hydrogen-bond donors (Lipinski definition) is 1. The summed E-state index contributed by atoms with van der Waals surface area (Å²) in [6.07, 6.45) is 3.12. The number of hydrogen-bond acceptors (Lipinski definition) is 4. The molecule has 16 heavy (non-hydrogen) atoms. The standard InChI is InChI=1S/C10H13N2O3S/c1-2-16(14,15)10-6-4-8(7-12-10)3-5-9(11)13/h3-4,6-7H,2,5H2,1H3,(H2,11,13). The SMILES string of the molecule is CCS(=O)(=O)c1ccc([CH]CC(N)=O)cn1. The number of nitrogens with two attached hydrogens (primary N) is 1. The van der Waals surface area contributed by atoms with Gasteiger partial charge in [-0.15, -0.1) is 0 Å². The summed E-state index contributed by atoms with van der Waals surface area (Å²) in [5.74, 6) is -0.421. The van der Waals surface area contributed by atoms with Gasteiger partial charge in [0, 0.05) is 19.0 Å². The monoisotopic (exact) mass is 241 g/mol. The number of pyridine rings is 1. The summed E-state index contributed by atoms with van der Waals surface area (Å²) in [6, 6.07) is 3.02. The Morgan fingerprint density at radius 1 is 1.50 bits per heavy atom. The second kappa shape index (κ2) is 5.07. The molecule has 5 nitrogen and oxygen atoms in total. The van der Waals surface area contributed by atoms with Crippen LogP contribution in [-0.4, -0.2) is 25.1 Å². The summed E-state index contributed by atoms with van der Waals surface area (Å²) in [5, 5.41) is 0.0474. The van der Waals surface area contributed by atoms with Gasteiger partial charge in [-0.2, -0.15) is 0 Å². The van der Waals surface area contributed by atoms with E-state index in [1.165, 1.54) is 12.3 Å². The Kier molecular flexibility index (Phi) is 4.00. The first-order valence-corrected chi connectivity index (χ1v) is 6.41. The minimum absolute atomic E-state index is 0.0182. The Balaban J connectivity index is 2.80. The molecule has 2 N–H and O–H groups in total. The van der Waals surface area contributed by atoms with Crippen LogP contribution in [0.3, 0.4) is 0 Å². The number of nitrogens with zero attached hydrogens (tertiary/aromatic N) is 1. The van der Waals surface area contributed by atoms with E-state index in [0.717, 1.165) is 0 Å². The molecule has 6 heteroatoms. The highest BCUT2D eigenvalue weighted by molar-refractivity contribution is 7.91. The fraction of sp³-hybridized carbons (Fsp3) is 0.300. The largest absolute Gasteiger partial charge is 0.370 e. The second-order valence-electron chi connectivity index (χ2n) is 3.21. The predicted molar refractivity (Wildman–Crippen MR) is 59.2 cm³/mol. The van der Waals surface area contributed by atoms with Crippen molar-refractivity contribution in [3.05, 3.63) is 30.3 Å². The Morgan fingerprint density at radius 2 is 2.19 bits per heavy atom. The number of amides is 1. The van der Waals surface area contributed by atoms with Gasteiger partial charge in [0.05, 0.1) is 5.75 Å². The van der Waals surface area contributed by atoms with Gasteiger partial charge in [-0.1, -0.05) is 13.0 Å². The quantitative estimate of drug-likeness (QED) is 0.803. The Labute approximate surface area is 94.6 Å². The lowest BCUT2D eigenvalue weighted by molar-refractivity contribution is -0.117. The van der Waals surface area contributed by atoms with E-state index in [4.69, 9.17) is 5.73 Å². The van der Waals surface area contributed by atoms with Crippen molar-refractivity contribution >= 4 is 15.7 Å². The predicted octanol–water partition coefficient (Wildman–Crippen LogP) is 0.303. The van der Waals surface area contributed by atoms with E-state index in [-0.39, 0.29) is 17.2 Å². The van der Waals surface area contributed by atoms with Crippen molar-refractivity contribution in [1.82, 2.24) is 4.98 Å². The van der Waals surface area contributed by atoms with Crippen LogP contribution in [-0.2, 0) is 14.6 Å². The van der Waals surface area contributed by atoms with Crippen molar-refractivity contribution in [2.45, 2.75) is 18.4 Å². The fourth-order valence-corrected chi connectivity index (χ4v) is 1.85. The van der Waals surface area contributed by atoms with Gasteiger partial charge in [0.25, 0.3) is 0 Å². The van der Waals surface area contributed by atoms with Crippen molar-refractivity contribution in [3.8, 4) is 0 Å². The number of rotatable bonds is 5. The van der Waals surface area contributed by atoms with E-state index >= 15 is 0 Å². The van der Waals surface area contributed by atoms with Gasteiger partial charge in [-0.25, -0.2) is 13.4 Å². The molecule has 0 spiro atoms. The highest BCUT2D eigenvalue weighted by Gasteiger charge is 2.12. The van der Waals surface area contributed by atoms with Gasteiger partial charge >= 0.3 is 0 Å². The fourth-order valence-electron chi connectivity index (χ4n) is 1.06. The molecule has 1 amide bonds. The number of aromatic nitrogens is 1. The molecule has 87 valence electrons. The summed E-state index contributed by atoms with van der Waals surface area (Å²) in [5.41, 5.74) is 5.65. The third-order valence-electron chi connectivity index (χ3n) is 2.00. The van der Waals surface area contributed by atoms with Crippen molar-refractivity contribution in [3.63, 3.8) is 0 Å². The molecular formula is C10H13N2O3S. The zero-order chi connectivity index (χ0) is 12.2. The van der Waals surface area contributed by atoms with E-state index < -0.39 is 15.7 Å². The van der Waals surface area contributed by atoms with Crippen LogP contribution < -0.4 is 5.73 Å². The minimum atomic E-state index is -3.26. The van der Waals surface area contributed by atoms with Crippen LogP contribution >= 0.6 is 0 Å². The van der Waals surface area contributed by atoms with Crippen molar-refractivity contribution in [2.24, 2.45) is 5.73 Å². The molecule has 1 rings (SSSR count). The van der Waals surface area contributed by atoms with Gasteiger partial charge in [-0.3, -0.25) is 4.79 Å². The highest BCUT2D eigenvalue weighted by Crippen LogP contribution is 2.10. The number of sulfone groups is 1. The summed E-state index contributed by atoms with van der Waals surface area (Å²) >= 11 is 0. The topological polar surface area (TPSA) is 90.1 Å². The summed E-state index contributed by atoms with van der Waals surface area (Å²) in [4.78, 5) is 14.3. The van der Waals surface area contributed by atoms with Gasteiger partial charge < -0.3 is 5.73 Å². The molecule has 0 saturated carbocycles. The maximum atomic E-state index is 11.4. The van der Waals surface area contributed by atoms with Crippen LogP contribution in [0.15, 0.2) is 23.4 Å². The lowest BCUT2D eigenvalue weighted by Gasteiger charge is -2.02. The first-order chi connectivity index (χ1) is 7.45. The lowest BCUT2D eigenvalue weighted by atomic mass is 10.1. The van der Waals surface area contributed by atoms with E-state index in [9.17, 15) is 13.2 Å². The third kappa shape index (κ3) is 3.30. The summed E-state index contributed by atoms with van der Waals surface area (Å²) < 4.78 is 22.9. The zero-order valence-electron chi connectivity index (χ0n) is 8.88. The van der Waals surface area contributed by atoms with Crippen molar-refractivity contribution in [2.75, 3.05) is 5.75 Å². The van der Waals surface area contributed by atoms with Crippen molar-refractivity contribution in [1.29, 1.82) is 0 Å². The average molecular weight is 241 g/mol. The Hall–Kier alpha value is -1.43. The number of carbonyl (C=O) groups excluding carboxylic acids is 1. The molecule has 0 unspecified atom stereocenters. The molecule has 0 saturated heterocycles. The highest BCUT2D eigenvalue weighted by atomic mass is 32.2. The molecule has 0 aliphatic carbocycles. The van der Waals surface area contributed by atoms with E-state index in [1.807, 2.05) is 0 Å². The molecular weight excluding hydrogens is 228 g/mol. The molecule has 1 aromatic rings. The van der Waals surface area contributed by atoms with Crippen LogP contribution in [0.5, 0.6) is 0 Å². The maximum Gasteiger partial charge on any atom is 0.218 e. The van der Waals surface area contributed by atoms with Crippen LogP contribution in [0.1, 0.15) is 18.9 Å². The summed E-state index contributed by atoms with van der Waals surface area (Å²) in [6.45, 7) is 1.56. The van der Waals surface area contributed by atoms with Gasteiger partial charge in [-0.05, 0) is 11.6 Å².